The fourth-order valence-corrected chi connectivity index (χ4v) is 36.6. The number of carbonyl (C=O) groups is 2. The van der Waals surface area contributed by atoms with Crippen molar-refractivity contribution in [3.63, 3.8) is 0 Å². The molecule has 0 aromatic rings. The van der Waals surface area contributed by atoms with Crippen LogP contribution in [0.2, 0.25) is 109 Å². The highest BCUT2D eigenvalue weighted by atomic mass is 79.9. The van der Waals surface area contributed by atoms with Crippen LogP contribution in [0.25, 0.3) is 0 Å². The van der Waals surface area contributed by atoms with E-state index in [4.69, 9.17) is 26.2 Å². The summed E-state index contributed by atoms with van der Waals surface area (Å²) in [7, 11) is -10.7. The summed E-state index contributed by atoms with van der Waals surface area (Å²) in [5, 5.41) is 0. The molecule has 0 aliphatic heterocycles. The molecular formula is C32H80Br2O8Si7. The van der Waals surface area contributed by atoms with Gasteiger partial charge in [0.2, 0.25) is 0 Å². The van der Waals surface area contributed by atoms with Crippen LogP contribution < -0.4 is 0 Å². The summed E-state index contributed by atoms with van der Waals surface area (Å²) in [6.07, 6.45) is 2.34. The maximum Gasteiger partial charge on any atom is 0.324 e. The standard InChI is InChI=1S/C16H39BrO5Si4.C14H33BrO3Si3.2CH4/c1-16(2,17)15(18)19-12-11-13-26(10,21-23(3)4)20-14-25(8,9)22-24(5,6)7;1-14(2,15)13(16)17-10-9-11-21(8,12-19(3)4)18-20(5,6)7;;/h23H,11-14H2,1-10H3;19H,9-12H2,1-8H3;2*1H4. The van der Waals surface area contributed by atoms with Gasteiger partial charge in [-0.05, 0) is 137 Å². The number of carbonyl (C=O) groups excluding carboxylic acids is 2. The first kappa shape index (κ1) is 57.0. The first-order valence-corrected chi connectivity index (χ1v) is 39.9. The number of hydrogen-bond donors (Lipinski definition) is 0. The molecule has 0 aliphatic carbocycles. The van der Waals surface area contributed by atoms with Crippen molar-refractivity contribution in [1.82, 2.24) is 0 Å². The Kier molecular flexibility index (Phi) is 27.8. The molecule has 0 radical (unpaired) electrons. The van der Waals surface area contributed by atoms with E-state index in [1.54, 1.807) is 13.8 Å². The Bertz CT molecular complexity index is 934. The normalized spacial score (nSPS) is 15.2. The van der Waals surface area contributed by atoms with Gasteiger partial charge in [0.25, 0.3) is 0 Å². The monoisotopic (exact) mass is 946 g/mol. The Labute approximate surface area is 330 Å². The number of alkyl halides is 2. The minimum Gasteiger partial charge on any atom is -0.465 e. The Hall–Kier alpha value is 1.26. The molecule has 0 fully saturated rings. The summed E-state index contributed by atoms with van der Waals surface area (Å²) in [5.41, 5.74) is 1.31. The van der Waals surface area contributed by atoms with Gasteiger partial charge in [0.1, 0.15) is 8.65 Å². The molecule has 49 heavy (non-hydrogen) atoms. The first-order valence-electron chi connectivity index (χ1n) is 17.2. The summed E-state index contributed by atoms with van der Waals surface area (Å²) < 4.78 is 35.1. The van der Waals surface area contributed by atoms with Crippen molar-refractivity contribution in [2.75, 3.05) is 19.4 Å². The van der Waals surface area contributed by atoms with E-state index in [1.807, 2.05) is 13.8 Å². The quantitative estimate of drug-likeness (QED) is 0.0487. The molecule has 0 spiro atoms. The highest BCUT2D eigenvalue weighted by molar-refractivity contribution is 9.10. The molecule has 0 saturated heterocycles. The number of rotatable bonds is 21. The average Bonchev–Trinajstić information content (AvgIpc) is 2.78. The maximum absolute atomic E-state index is 11.8. The number of halogens is 2. The zero-order valence-electron chi connectivity index (χ0n) is 33.3. The lowest BCUT2D eigenvalue weighted by Crippen LogP contribution is -2.51. The smallest absolute Gasteiger partial charge is 0.324 e. The van der Waals surface area contributed by atoms with Crippen molar-refractivity contribution in [2.24, 2.45) is 0 Å². The summed E-state index contributed by atoms with van der Waals surface area (Å²) in [6, 6.07) is 1.92. The molecule has 0 amide bonds. The van der Waals surface area contributed by atoms with Crippen LogP contribution in [-0.4, -0.2) is 99.7 Å². The first-order chi connectivity index (χ1) is 20.7. The summed E-state index contributed by atoms with van der Waals surface area (Å²) in [4.78, 5) is 23.6. The SMILES string of the molecule is C.C.C[SiH](C)C[Si](C)(CCCOC(=O)C(C)(C)Br)O[Si](C)(C)C.C[SiH](C)O[Si](C)(CCCOC(=O)C(C)(C)Br)OC[Si](C)(C)O[Si](C)(C)C. The molecule has 8 nitrogen and oxygen atoms in total. The lowest BCUT2D eigenvalue weighted by Gasteiger charge is -2.36. The van der Waals surface area contributed by atoms with Gasteiger partial charge in [-0.25, -0.2) is 0 Å². The molecule has 2 unspecified atom stereocenters. The number of hydrogen-bond acceptors (Lipinski definition) is 8. The van der Waals surface area contributed by atoms with E-state index < -0.39 is 68.3 Å². The van der Waals surface area contributed by atoms with Crippen molar-refractivity contribution >= 4 is 103 Å². The second kappa shape index (κ2) is 23.9. The van der Waals surface area contributed by atoms with E-state index in [0.717, 1.165) is 24.9 Å². The topological polar surface area (TPSA) is 89.5 Å². The van der Waals surface area contributed by atoms with Gasteiger partial charge in [-0.1, -0.05) is 59.8 Å². The van der Waals surface area contributed by atoms with Crippen LogP contribution in [0.3, 0.4) is 0 Å². The number of ether oxygens (including phenoxy) is 2. The minimum atomic E-state index is -2.29. The van der Waals surface area contributed by atoms with Gasteiger partial charge in [0, 0.05) is 8.80 Å². The van der Waals surface area contributed by atoms with Crippen molar-refractivity contribution in [2.45, 2.75) is 173 Å². The second-order valence-corrected chi connectivity index (χ2v) is 49.0. The summed E-state index contributed by atoms with van der Waals surface area (Å²) >= 11 is 6.65. The fourth-order valence-electron chi connectivity index (χ4n) is 5.16. The van der Waals surface area contributed by atoms with Crippen LogP contribution in [-0.2, 0) is 35.8 Å². The lowest BCUT2D eigenvalue weighted by molar-refractivity contribution is -0.146. The average molecular weight is 949 g/mol. The highest BCUT2D eigenvalue weighted by Gasteiger charge is 2.38. The van der Waals surface area contributed by atoms with Gasteiger partial charge in [0.15, 0.2) is 42.3 Å². The van der Waals surface area contributed by atoms with Crippen LogP contribution in [0.1, 0.15) is 55.4 Å². The highest BCUT2D eigenvalue weighted by Crippen LogP contribution is 2.26. The molecule has 0 N–H and O–H groups in total. The van der Waals surface area contributed by atoms with Crippen LogP contribution in [0.5, 0.6) is 0 Å². The van der Waals surface area contributed by atoms with Crippen LogP contribution in [0.15, 0.2) is 0 Å². The van der Waals surface area contributed by atoms with Crippen molar-refractivity contribution in [3.8, 4) is 0 Å². The third-order valence-corrected chi connectivity index (χ3v) is 31.1. The largest absolute Gasteiger partial charge is 0.465 e. The molecule has 2 atom stereocenters. The molecule has 298 valence electrons. The van der Waals surface area contributed by atoms with Crippen molar-refractivity contribution in [1.29, 1.82) is 0 Å². The van der Waals surface area contributed by atoms with Crippen molar-refractivity contribution < 1.29 is 35.8 Å². The van der Waals surface area contributed by atoms with E-state index in [9.17, 15) is 9.59 Å². The third-order valence-electron chi connectivity index (χ3n) is 6.25. The van der Waals surface area contributed by atoms with Gasteiger partial charge >= 0.3 is 20.5 Å². The fraction of sp³-hybridized carbons (Fsp3) is 0.938. The molecule has 0 aliphatic rings. The van der Waals surface area contributed by atoms with Gasteiger partial charge in [-0.3, -0.25) is 9.59 Å². The molecular weight excluding hydrogens is 869 g/mol. The van der Waals surface area contributed by atoms with E-state index >= 15 is 0 Å². The lowest BCUT2D eigenvalue weighted by atomic mass is 10.2. The molecule has 0 aromatic heterocycles. The van der Waals surface area contributed by atoms with E-state index in [2.05, 4.69) is 124 Å². The van der Waals surface area contributed by atoms with E-state index in [-0.39, 0.29) is 26.8 Å². The van der Waals surface area contributed by atoms with Crippen molar-refractivity contribution in [3.05, 3.63) is 0 Å². The third kappa shape index (κ3) is 32.4. The Morgan fingerprint density at radius 1 is 0.653 bits per heavy atom. The zero-order valence-corrected chi connectivity index (χ0v) is 43.8. The second-order valence-electron chi connectivity index (χ2n) is 17.2. The number of esters is 2. The maximum atomic E-state index is 11.8. The summed E-state index contributed by atoms with van der Waals surface area (Å²) in [6.45, 7) is 39.6. The summed E-state index contributed by atoms with van der Waals surface area (Å²) in [5.74, 6) is -0.423. The predicted molar refractivity (Wildman–Crippen MR) is 239 cm³/mol. The Morgan fingerprint density at radius 3 is 1.37 bits per heavy atom. The predicted octanol–water partition coefficient (Wildman–Crippen LogP) is 10.6. The molecule has 0 aromatic carbocycles. The van der Waals surface area contributed by atoms with E-state index in [1.165, 1.54) is 5.67 Å². The van der Waals surface area contributed by atoms with Crippen LogP contribution in [0.4, 0.5) is 0 Å². The molecule has 17 heteroatoms. The van der Waals surface area contributed by atoms with Crippen LogP contribution in [0, 0.1) is 0 Å². The molecule has 0 rings (SSSR count). The zero-order chi connectivity index (χ0) is 37.7. The Balaban J connectivity index is -0.000000405. The molecule has 0 saturated carbocycles. The van der Waals surface area contributed by atoms with Gasteiger partial charge < -0.3 is 26.2 Å². The van der Waals surface area contributed by atoms with Crippen LogP contribution >= 0.6 is 31.9 Å². The molecule has 0 bridgehead atoms. The van der Waals surface area contributed by atoms with E-state index in [0.29, 0.717) is 19.4 Å². The Morgan fingerprint density at radius 2 is 1.04 bits per heavy atom. The van der Waals surface area contributed by atoms with Gasteiger partial charge in [0.05, 0.1) is 19.4 Å². The minimum absolute atomic E-state index is 0. The van der Waals surface area contributed by atoms with Gasteiger partial charge in [-0.2, -0.15) is 0 Å². The van der Waals surface area contributed by atoms with Gasteiger partial charge in [-0.15, -0.1) is 0 Å². The molecule has 0 heterocycles.